The maximum absolute atomic E-state index is 11.7. The van der Waals surface area contributed by atoms with Gasteiger partial charge < -0.3 is 4.90 Å². The van der Waals surface area contributed by atoms with E-state index in [0.717, 1.165) is 13.1 Å². The first-order valence-electron chi connectivity index (χ1n) is 5.99. The fourth-order valence-electron chi connectivity index (χ4n) is 2.47. The van der Waals surface area contributed by atoms with Crippen molar-refractivity contribution in [2.75, 3.05) is 27.2 Å². The summed E-state index contributed by atoms with van der Waals surface area (Å²) < 4.78 is 0. The van der Waals surface area contributed by atoms with Gasteiger partial charge >= 0.3 is 0 Å². The molecule has 0 amide bonds. The summed E-state index contributed by atoms with van der Waals surface area (Å²) in [7, 11) is 4.20. The Morgan fingerprint density at radius 2 is 2.20 bits per heavy atom. The molecular weight excluding hydrogens is 188 g/mol. The van der Waals surface area contributed by atoms with E-state index in [-0.39, 0.29) is 6.04 Å². The van der Waals surface area contributed by atoms with Crippen LogP contribution in [0.5, 0.6) is 0 Å². The highest BCUT2D eigenvalue weighted by Gasteiger charge is 2.31. The van der Waals surface area contributed by atoms with Gasteiger partial charge in [-0.3, -0.25) is 9.69 Å². The summed E-state index contributed by atoms with van der Waals surface area (Å²) in [5, 5.41) is 0. The lowest BCUT2D eigenvalue weighted by molar-refractivity contribution is -0.123. The van der Waals surface area contributed by atoms with Crippen LogP contribution >= 0.6 is 0 Å². The normalized spacial score (nSPS) is 24.7. The van der Waals surface area contributed by atoms with Gasteiger partial charge in [-0.05, 0) is 40.4 Å². The van der Waals surface area contributed by atoms with E-state index in [2.05, 4.69) is 30.8 Å². The van der Waals surface area contributed by atoms with E-state index in [0.29, 0.717) is 18.2 Å². The molecule has 1 aliphatic rings. The molecule has 2 unspecified atom stereocenters. The SMILES string of the molecule is CCC(=O)C(C)N1CCCC1CN(C)C. The smallest absolute Gasteiger partial charge is 0.149 e. The number of rotatable bonds is 5. The van der Waals surface area contributed by atoms with E-state index in [4.69, 9.17) is 0 Å². The van der Waals surface area contributed by atoms with Crippen molar-refractivity contribution in [1.82, 2.24) is 9.80 Å². The second-order valence-corrected chi connectivity index (χ2v) is 4.79. The third-order valence-corrected chi connectivity index (χ3v) is 3.31. The van der Waals surface area contributed by atoms with Crippen LogP contribution in [-0.2, 0) is 4.79 Å². The van der Waals surface area contributed by atoms with Crippen molar-refractivity contribution in [2.45, 2.75) is 45.2 Å². The molecule has 1 heterocycles. The molecule has 88 valence electrons. The molecule has 0 aromatic heterocycles. The number of hydrogen-bond donors (Lipinski definition) is 0. The van der Waals surface area contributed by atoms with Crippen LogP contribution in [0.1, 0.15) is 33.1 Å². The van der Waals surface area contributed by atoms with Crippen LogP contribution in [0, 0.1) is 0 Å². The maximum atomic E-state index is 11.7. The van der Waals surface area contributed by atoms with Gasteiger partial charge in [0.1, 0.15) is 5.78 Å². The van der Waals surface area contributed by atoms with Gasteiger partial charge in [-0.1, -0.05) is 6.92 Å². The quantitative estimate of drug-likeness (QED) is 0.688. The third kappa shape index (κ3) is 3.28. The number of carbonyl (C=O) groups is 1. The fraction of sp³-hybridized carbons (Fsp3) is 0.917. The third-order valence-electron chi connectivity index (χ3n) is 3.31. The van der Waals surface area contributed by atoms with Crippen molar-refractivity contribution >= 4 is 5.78 Å². The monoisotopic (exact) mass is 212 g/mol. The zero-order chi connectivity index (χ0) is 11.4. The van der Waals surface area contributed by atoms with Gasteiger partial charge in [0.2, 0.25) is 0 Å². The van der Waals surface area contributed by atoms with Crippen molar-refractivity contribution in [1.29, 1.82) is 0 Å². The average molecular weight is 212 g/mol. The molecule has 0 saturated carbocycles. The number of likely N-dealkylation sites (N-methyl/N-ethyl adjacent to an activating group) is 1. The molecule has 3 nitrogen and oxygen atoms in total. The van der Waals surface area contributed by atoms with Crippen molar-refractivity contribution in [3.8, 4) is 0 Å². The lowest BCUT2D eigenvalue weighted by Crippen LogP contribution is -2.45. The molecule has 0 spiro atoms. The van der Waals surface area contributed by atoms with Crippen molar-refractivity contribution in [3.63, 3.8) is 0 Å². The van der Waals surface area contributed by atoms with E-state index in [1.807, 2.05) is 6.92 Å². The highest BCUT2D eigenvalue weighted by atomic mass is 16.1. The van der Waals surface area contributed by atoms with Crippen molar-refractivity contribution in [3.05, 3.63) is 0 Å². The van der Waals surface area contributed by atoms with Gasteiger partial charge in [0.25, 0.3) is 0 Å². The van der Waals surface area contributed by atoms with Gasteiger partial charge in [-0.15, -0.1) is 0 Å². The first-order valence-corrected chi connectivity index (χ1v) is 5.99. The Labute approximate surface area is 93.4 Å². The zero-order valence-corrected chi connectivity index (χ0v) is 10.5. The highest BCUT2D eigenvalue weighted by molar-refractivity contribution is 5.83. The minimum absolute atomic E-state index is 0.113. The van der Waals surface area contributed by atoms with Crippen LogP contribution < -0.4 is 0 Å². The summed E-state index contributed by atoms with van der Waals surface area (Å²) in [6, 6.07) is 0.688. The Hall–Kier alpha value is -0.410. The molecule has 1 aliphatic heterocycles. The lowest BCUT2D eigenvalue weighted by Gasteiger charge is -2.31. The van der Waals surface area contributed by atoms with Crippen LogP contribution in [0.4, 0.5) is 0 Å². The number of ketones is 1. The van der Waals surface area contributed by atoms with Crippen molar-refractivity contribution in [2.24, 2.45) is 0 Å². The van der Waals surface area contributed by atoms with E-state index in [1.54, 1.807) is 0 Å². The fourth-order valence-corrected chi connectivity index (χ4v) is 2.47. The summed E-state index contributed by atoms with van der Waals surface area (Å²) >= 11 is 0. The second-order valence-electron chi connectivity index (χ2n) is 4.79. The number of nitrogens with zero attached hydrogens (tertiary/aromatic N) is 2. The molecule has 0 aromatic rings. The lowest BCUT2D eigenvalue weighted by atomic mass is 10.1. The molecule has 1 saturated heterocycles. The summed E-state index contributed by atoms with van der Waals surface area (Å²) in [4.78, 5) is 16.3. The van der Waals surface area contributed by atoms with Gasteiger partial charge in [0.05, 0.1) is 6.04 Å². The molecule has 0 N–H and O–H groups in total. The molecule has 2 atom stereocenters. The Morgan fingerprint density at radius 3 is 2.73 bits per heavy atom. The molecule has 15 heavy (non-hydrogen) atoms. The predicted octanol–water partition coefficient (Wildman–Crippen LogP) is 1.38. The summed E-state index contributed by atoms with van der Waals surface area (Å²) in [5.41, 5.74) is 0. The molecule has 0 aliphatic carbocycles. The number of likely N-dealkylation sites (tertiary alicyclic amines) is 1. The standard InChI is InChI=1S/C12H24N2O/c1-5-12(15)10(2)14-8-6-7-11(14)9-13(3)4/h10-11H,5-9H2,1-4H3. The van der Waals surface area contributed by atoms with Crippen LogP contribution in [0.15, 0.2) is 0 Å². The first-order chi connectivity index (χ1) is 7.06. The number of carbonyl (C=O) groups excluding carboxylic acids is 1. The summed E-state index contributed by atoms with van der Waals surface area (Å²) in [6.45, 7) is 6.17. The van der Waals surface area contributed by atoms with E-state index < -0.39 is 0 Å². The average Bonchev–Trinajstić information content (AvgIpc) is 2.62. The van der Waals surface area contributed by atoms with E-state index >= 15 is 0 Å². The number of Topliss-reactive ketones (excluding diaryl/α,β-unsaturated/α-hetero) is 1. The first kappa shape index (κ1) is 12.7. The minimum atomic E-state index is 0.113. The summed E-state index contributed by atoms with van der Waals surface area (Å²) in [6.07, 6.45) is 3.13. The molecule has 1 rings (SSSR count). The number of hydrogen-bond acceptors (Lipinski definition) is 3. The molecular formula is C12H24N2O. The van der Waals surface area contributed by atoms with Gasteiger partial charge in [0, 0.05) is 19.0 Å². The summed E-state index contributed by atoms with van der Waals surface area (Å²) in [5.74, 6) is 0.376. The van der Waals surface area contributed by atoms with Gasteiger partial charge in [0.15, 0.2) is 0 Å². The largest absolute Gasteiger partial charge is 0.308 e. The highest BCUT2D eigenvalue weighted by Crippen LogP contribution is 2.21. The Bertz CT molecular complexity index is 216. The minimum Gasteiger partial charge on any atom is -0.308 e. The van der Waals surface area contributed by atoms with Crippen LogP contribution in [0.3, 0.4) is 0 Å². The predicted molar refractivity (Wildman–Crippen MR) is 63.0 cm³/mol. The molecule has 0 bridgehead atoms. The molecule has 0 radical (unpaired) electrons. The van der Waals surface area contributed by atoms with Gasteiger partial charge in [-0.25, -0.2) is 0 Å². The molecule has 3 heteroatoms. The van der Waals surface area contributed by atoms with Crippen molar-refractivity contribution < 1.29 is 4.79 Å². The molecule has 1 fully saturated rings. The van der Waals surface area contributed by atoms with Crippen LogP contribution in [0.2, 0.25) is 0 Å². The van der Waals surface area contributed by atoms with Crippen LogP contribution in [0.25, 0.3) is 0 Å². The van der Waals surface area contributed by atoms with Gasteiger partial charge in [-0.2, -0.15) is 0 Å². The van der Waals surface area contributed by atoms with Crippen LogP contribution in [-0.4, -0.2) is 54.9 Å². The van der Waals surface area contributed by atoms with E-state index in [9.17, 15) is 4.79 Å². The molecule has 0 aromatic carbocycles. The zero-order valence-electron chi connectivity index (χ0n) is 10.5. The maximum Gasteiger partial charge on any atom is 0.149 e. The Kier molecular flexibility index (Phi) is 4.74. The Morgan fingerprint density at radius 1 is 1.53 bits per heavy atom. The van der Waals surface area contributed by atoms with E-state index in [1.165, 1.54) is 12.8 Å². The topological polar surface area (TPSA) is 23.6 Å². The second kappa shape index (κ2) is 5.61. The Balaban J connectivity index is 2.55.